The van der Waals surface area contributed by atoms with Gasteiger partial charge in [-0.05, 0) is 72.5 Å². The van der Waals surface area contributed by atoms with Crippen LogP contribution in [-0.2, 0) is 18.7 Å². The normalized spacial score (nSPS) is 11.6. The molecule has 0 aliphatic heterocycles. The van der Waals surface area contributed by atoms with Crippen LogP contribution in [0, 0.1) is 46.7 Å². The van der Waals surface area contributed by atoms with Gasteiger partial charge in [0, 0.05) is 17.7 Å². The molecule has 4 aromatic rings. The van der Waals surface area contributed by atoms with Crippen molar-refractivity contribution in [3.8, 4) is 28.7 Å². The lowest BCUT2D eigenvalue weighted by atomic mass is 10.0. The SMILES string of the molecule is C=CCCc1cc(F)c(C#Cc2ccc(C(F)(F)Oc3cc(F)c(-c4cc(F)c(C(F)(F)F)c(F)c4)c(F)c3)cc2)c(F)c1. The van der Waals surface area contributed by atoms with Crippen LogP contribution in [0.1, 0.15) is 34.2 Å². The van der Waals surface area contributed by atoms with Crippen LogP contribution in [0.4, 0.5) is 48.3 Å². The van der Waals surface area contributed by atoms with Crippen LogP contribution >= 0.6 is 0 Å². The second-order valence-corrected chi connectivity index (χ2v) is 9.28. The van der Waals surface area contributed by atoms with Gasteiger partial charge in [0.2, 0.25) is 0 Å². The molecule has 0 saturated heterocycles. The van der Waals surface area contributed by atoms with Gasteiger partial charge in [-0.15, -0.1) is 6.58 Å². The number of hydrogen-bond donors (Lipinski definition) is 0. The first kappa shape index (κ1) is 32.1. The summed E-state index contributed by atoms with van der Waals surface area (Å²) in [6.45, 7) is 3.53. The number of allylic oxidation sites excluding steroid dienone is 1. The number of hydrogen-bond acceptors (Lipinski definition) is 1. The van der Waals surface area contributed by atoms with Crippen molar-refractivity contribution in [1.82, 2.24) is 0 Å². The number of halogens is 11. The fourth-order valence-electron chi connectivity index (χ4n) is 4.12. The molecule has 1 nitrogen and oxygen atoms in total. The van der Waals surface area contributed by atoms with Crippen LogP contribution in [0.25, 0.3) is 11.1 Å². The van der Waals surface area contributed by atoms with Gasteiger partial charge in [-0.1, -0.05) is 17.9 Å². The largest absolute Gasteiger partial charge is 0.429 e. The zero-order valence-corrected chi connectivity index (χ0v) is 22.0. The molecule has 0 N–H and O–H groups in total. The first-order chi connectivity index (χ1) is 20.6. The fourth-order valence-corrected chi connectivity index (χ4v) is 4.12. The Balaban J connectivity index is 1.54. The molecular formula is C32H17F11O. The third-order valence-corrected chi connectivity index (χ3v) is 6.17. The van der Waals surface area contributed by atoms with Gasteiger partial charge < -0.3 is 4.74 Å². The minimum absolute atomic E-state index is 0.0507. The molecular weight excluding hydrogens is 609 g/mol. The van der Waals surface area contributed by atoms with Crippen molar-refractivity contribution in [1.29, 1.82) is 0 Å². The maximum atomic E-state index is 14.8. The highest BCUT2D eigenvalue weighted by molar-refractivity contribution is 5.66. The van der Waals surface area contributed by atoms with Gasteiger partial charge in [-0.25, -0.2) is 26.3 Å². The van der Waals surface area contributed by atoms with Crippen LogP contribution in [-0.4, -0.2) is 0 Å². The predicted molar refractivity (Wildman–Crippen MR) is 139 cm³/mol. The molecule has 0 spiro atoms. The molecule has 228 valence electrons. The van der Waals surface area contributed by atoms with E-state index in [1.54, 1.807) is 6.08 Å². The van der Waals surface area contributed by atoms with E-state index < -0.39 is 80.8 Å². The summed E-state index contributed by atoms with van der Waals surface area (Å²) in [5.74, 6) is -5.73. The van der Waals surface area contributed by atoms with Crippen molar-refractivity contribution < 1.29 is 53.0 Å². The summed E-state index contributed by atoms with van der Waals surface area (Å²) in [6.07, 6.45) is -7.16. The molecule has 0 amide bonds. The monoisotopic (exact) mass is 626 g/mol. The predicted octanol–water partition coefficient (Wildman–Crippen LogP) is 9.85. The van der Waals surface area contributed by atoms with E-state index in [0.717, 1.165) is 36.4 Å². The van der Waals surface area contributed by atoms with Crippen LogP contribution in [0.3, 0.4) is 0 Å². The van der Waals surface area contributed by atoms with E-state index in [4.69, 9.17) is 0 Å². The van der Waals surface area contributed by atoms with E-state index in [0.29, 0.717) is 18.4 Å². The molecule has 0 aliphatic rings. The Morgan fingerprint density at radius 2 is 1.23 bits per heavy atom. The van der Waals surface area contributed by atoms with Crippen LogP contribution in [0.15, 0.2) is 73.3 Å². The van der Waals surface area contributed by atoms with Gasteiger partial charge in [0.1, 0.15) is 46.2 Å². The second kappa shape index (κ2) is 12.4. The van der Waals surface area contributed by atoms with E-state index in [1.807, 2.05) is 0 Å². The molecule has 44 heavy (non-hydrogen) atoms. The molecule has 0 aromatic heterocycles. The van der Waals surface area contributed by atoms with E-state index in [-0.39, 0.29) is 29.8 Å². The standard InChI is InChI=1S/C32H17F11O/c1-2-3-4-18-11-23(33)22(24(34)12-18)10-7-17-5-8-20(9-6-17)32(42,43)44-21-15-25(35)29(26(36)16-21)19-13-27(37)30(28(38)14-19)31(39,40)41/h2,5-6,8-9,11-16H,1,3-4H2. The lowest BCUT2D eigenvalue weighted by Gasteiger charge is -2.19. The molecule has 0 saturated carbocycles. The van der Waals surface area contributed by atoms with Gasteiger partial charge >= 0.3 is 12.3 Å². The van der Waals surface area contributed by atoms with Crippen molar-refractivity contribution in [2.75, 3.05) is 0 Å². The van der Waals surface area contributed by atoms with Crippen LogP contribution < -0.4 is 4.74 Å². The Hall–Kier alpha value is -4.79. The number of rotatable bonds is 7. The third-order valence-electron chi connectivity index (χ3n) is 6.17. The Bertz CT molecular complexity index is 1710. The van der Waals surface area contributed by atoms with Crippen molar-refractivity contribution in [3.63, 3.8) is 0 Å². The molecule has 0 unspecified atom stereocenters. The third kappa shape index (κ3) is 7.05. The Morgan fingerprint density at radius 1 is 0.682 bits per heavy atom. The lowest BCUT2D eigenvalue weighted by molar-refractivity contribution is -0.185. The average molecular weight is 626 g/mol. The van der Waals surface area contributed by atoms with Crippen LogP contribution in [0.2, 0.25) is 0 Å². The Labute approximate surface area is 243 Å². The smallest absolute Gasteiger partial charge is 0.426 e. The fraction of sp³-hybridized carbons (Fsp3) is 0.125. The maximum Gasteiger partial charge on any atom is 0.426 e. The highest BCUT2D eigenvalue weighted by atomic mass is 19.4. The molecule has 0 bridgehead atoms. The van der Waals surface area contributed by atoms with E-state index in [9.17, 15) is 48.3 Å². The summed E-state index contributed by atoms with van der Waals surface area (Å²) in [6, 6.07) is 6.68. The number of aryl methyl sites for hydroxylation is 1. The second-order valence-electron chi connectivity index (χ2n) is 9.28. The minimum atomic E-state index is -5.43. The molecule has 0 aliphatic carbocycles. The summed E-state index contributed by atoms with van der Waals surface area (Å²) >= 11 is 0. The van der Waals surface area contributed by atoms with E-state index in [2.05, 4.69) is 23.2 Å². The summed E-state index contributed by atoms with van der Waals surface area (Å²) in [5, 5.41) is 0. The van der Waals surface area contributed by atoms with Crippen LogP contribution in [0.5, 0.6) is 5.75 Å². The highest BCUT2D eigenvalue weighted by Crippen LogP contribution is 2.39. The zero-order valence-electron chi connectivity index (χ0n) is 22.0. The highest BCUT2D eigenvalue weighted by Gasteiger charge is 2.39. The molecule has 0 radical (unpaired) electrons. The topological polar surface area (TPSA) is 9.23 Å². The van der Waals surface area contributed by atoms with E-state index in [1.165, 1.54) is 0 Å². The van der Waals surface area contributed by atoms with Gasteiger partial charge in [0.05, 0.1) is 16.7 Å². The maximum absolute atomic E-state index is 14.8. The molecule has 0 atom stereocenters. The molecule has 0 heterocycles. The van der Waals surface area contributed by atoms with Crippen molar-refractivity contribution >= 4 is 0 Å². The summed E-state index contributed by atoms with van der Waals surface area (Å²) < 4.78 is 158. The summed E-state index contributed by atoms with van der Waals surface area (Å²) in [4.78, 5) is 0. The van der Waals surface area contributed by atoms with Gasteiger partial charge in [-0.3, -0.25) is 0 Å². The van der Waals surface area contributed by atoms with Gasteiger partial charge in [-0.2, -0.15) is 22.0 Å². The van der Waals surface area contributed by atoms with Crippen molar-refractivity contribution in [2.24, 2.45) is 0 Å². The quantitative estimate of drug-likeness (QED) is 0.113. The summed E-state index contributed by atoms with van der Waals surface area (Å²) in [5.41, 5.74) is -5.28. The van der Waals surface area contributed by atoms with Crippen molar-refractivity contribution in [2.45, 2.75) is 25.1 Å². The first-order valence-corrected chi connectivity index (χ1v) is 12.4. The Morgan fingerprint density at radius 3 is 1.73 bits per heavy atom. The Kier molecular flexibility index (Phi) is 9.09. The number of benzene rings is 4. The first-order valence-electron chi connectivity index (χ1n) is 12.4. The minimum Gasteiger partial charge on any atom is -0.429 e. The molecule has 12 heteroatoms. The molecule has 4 rings (SSSR count). The number of ether oxygens (including phenoxy) is 1. The van der Waals surface area contributed by atoms with Crippen molar-refractivity contribution in [3.05, 3.63) is 136 Å². The molecule has 4 aromatic carbocycles. The zero-order chi connectivity index (χ0) is 32.4. The summed E-state index contributed by atoms with van der Waals surface area (Å²) in [7, 11) is 0. The average Bonchev–Trinajstić information content (AvgIpc) is 2.90. The number of alkyl halides is 5. The van der Waals surface area contributed by atoms with E-state index >= 15 is 0 Å². The van der Waals surface area contributed by atoms with Gasteiger partial charge in [0.15, 0.2) is 0 Å². The molecule has 0 fully saturated rings. The van der Waals surface area contributed by atoms with Gasteiger partial charge in [0.25, 0.3) is 0 Å². The lowest BCUT2D eigenvalue weighted by Crippen LogP contribution is -2.22.